The highest BCUT2D eigenvalue weighted by atomic mass is 35.5. The summed E-state index contributed by atoms with van der Waals surface area (Å²) < 4.78 is 5.43. The number of nitrogens with one attached hydrogen (secondary N) is 1. The fourth-order valence-corrected chi connectivity index (χ4v) is 3.69. The number of oxazole rings is 1. The van der Waals surface area contributed by atoms with Crippen LogP contribution in [0.15, 0.2) is 41.5 Å². The number of aryl methyl sites for hydroxylation is 1. The summed E-state index contributed by atoms with van der Waals surface area (Å²) in [6, 6.07) is 1.85. The predicted octanol–water partition coefficient (Wildman–Crippen LogP) is 3.59. The van der Waals surface area contributed by atoms with Gasteiger partial charge in [-0.05, 0) is 38.3 Å². The van der Waals surface area contributed by atoms with Crippen molar-refractivity contribution < 1.29 is 9.21 Å². The van der Waals surface area contributed by atoms with Crippen molar-refractivity contribution in [3.63, 3.8) is 0 Å². The Morgan fingerprint density at radius 1 is 1.24 bits per heavy atom. The number of halogens is 1. The smallest absolute Gasteiger partial charge is 0.273 e. The standard InChI is InChI=1S/C20H21ClN6O2/c1-12-8-14(19-22-5-7-29-19)18(25-9-12)20(28)27-6-3-4-15(13(27)2)26-17-11-23-16(21)10-24-17/h5,7-11,13,15H,3-4,6H2,1-2H3,(H,24,26)/t13-,15+/m0/s1. The number of rotatable bonds is 4. The zero-order valence-corrected chi connectivity index (χ0v) is 16.9. The van der Waals surface area contributed by atoms with Gasteiger partial charge in [-0.2, -0.15) is 0 Å². The van der Waals surface area contributed by atoms with Gasteiger partial charge in [0.1, 0.15) is 22.9 Å². The molecule has 1 aliphatic heterocycles. The third-order valence-corrected chi connectivity index (χ3v) is 5.29. The van der Waals surface area contributed by atoms with E-state index in [1.165, 1.54) is 12.5 Å². The molecular weight excluding hydrogens is 392 g/mol. The van der Waals surface area contributed by atoms with Crippen LogP contribution >= 0.6 is 11.6 Å². The Balaban J connectivity index is 1.58. The molecule has 1 fully saturated rings. The van der Waals surface area contributed by atoms with Crippen LogP contribution < -0.4 is 5.32 Å². The Bertz CT molecular complexity index is 993. The van der Waals surface area contributed by atoms with E-state index < -0.39 is 0 Å². The second kappa shape index (κ2) is 8.16. The summed E-state index contributed by atoms with van der Waals surface area (Å²) in [6.45, 7) is 4.60. The van der Waals surface area contributed by atoms with Crippen molar-refractivity contribution in [2.75, 3.05) is 11.9 Å². The molecule has 1 aliphatic rings. The lowest BCUT2D eigenvalue weighted by Gasteiger charge is -2.39. The van der Waals surface area contributed by atoms with Gasteiger partial charge in [0.2, 0.25) is 5.89 Å². The van der Waals surface area contributed by atoms with E-state index in [1.54, 1.807) is 18.6 Å². The largest absolute Gasteiger partial charge is 0.444 e. The summed E-state index contributed by atoms with van der Waals surface area (Å²) in [4.78, 5) is 32.2. The number of hydrogen-bond donors (Lipinski definition) is 1. The second-order valence-electron chi connectivity index (χ2n) is 7.10. The van der Waals surface area contributed by atoms with Crippen molar-refractivity contribution in [3.05, 3.63) is 53.5 Å². The van der Waals surface area contributed by atoms with Crippen LogP contribution in [0.2, 0.25) is 5.15 Å². The number of amides is 1. The van der Waals surface area contributed by atoms with Gasteiger partial charge in [-0.15, -0.1) is 0 Å². The molecular formula is C20H21ClN6O2. The van der Waals surface area contributed by atoms with Gasteiger partial charge in [0.25, 0.3) is 5.91 Å². The Kier molecular flexibility index (Phi) is 5.44. The minimum Gasteiger partial charge on any atom is -0.444 e. The first kappa shape index (κ1) is 19.3. The van der Waals surface area contributed by atoms with E-state index in [-0.39, 0.29) is 18.0 Å². The minimum atomic E-state index is -0.139. The molecule has 4 heterocycles. The van der Waals surface area contributed by atoms with E-state index in [1.807, 2.05) is 24.8 Å². The molecule has 0 aromatic carbocycles. The third kappa shape index (κ3) is 4.07. The number of carbonyl (C=O) groups excluding carboxylic acids is 1. The van der Waals surface area contributed by atoms with E-state index >= 15 is 0 Å². The summed E-state index contributed by atoms with van der Waals surface area (Å²) in [6.07, 6.45) is 9.62. The van der Waals surface area contributed by atoms with E-state index in [9.17, 15) is 4.79 Å². The molecule has 1 saturated heterocycles. The maximum Gasteiger partial charge on any atom is 0.273 e. The highest BCUT2D eigenvalue weighted by Gasteiger charge is 2.34. The van der Waals surface area contributed by atoms with E-state index in [0.717, 1.165) is 18.4 Å². The average molecular weight is 413 g/mol. The Morgan fingerprint density at radius 3 is 2.83 bits per heavy atom. The van der Waals surface area contributed by atoms with Gasteiger partial charge in [-0.3, -0.25) is 4.79 Å². The molecule has 3 aromatic heterocycles. The van der Waals surface area contributed by atoms with Crippen LogP contribution in [0.3, 0.4) is 0 Å². The Labute approximate surface area is 173 Å². The third-order valence-electron chi connectivity index (χ3n) is 5.09. The van der Waals surface area contributed by atoms with Crippen LogP contribution in [0.4, 0.5) is 5.82 Å². The molecule has 8 nitrogen and oxygen atoms in total. The number of piperidine rings is 1. The van der Waals surface area contributed by atoms with E-state index in [2.05, 4.69) is 25.3 Å². The Hall–Kier alpha value is -3.00. The lowest BCUT2D eigenvalue weighted by Crippen LogP contribution is -2.52. The number of anilines is 1. The molecule has 150 valence electrons. The quantitative estimate of drug-likeness (QED) is 0.699. The summed E-state index contributed by atoms with van der Waals surface area (Å²) >= 11 is 5.81. The fraction of sp³-hybridized carbons (Fsp3) is 0.350. The number of carbonyl (C=O) groups is 1. The number of likely N-dealkylation sites (tertiary alicyclic amines) is 1. The number of pyridine rings is 1. The first-order chi connectivity index (χ1) is 14.0. The fourth-order valence-electron chi connectivity index (χ4n) is 3.59. The normalized spacial score (nSPS) is 19.2. The molecule has 3 aromatic rings. The van der Waals surface area contributed by atoms with E-state index in [4.69, 9.17) is 16.0 Å². The van der Waals surface area contributed by atoms with Gasteiger partial charge in [-0.25, -0.2) is 19.9 Å². The van der Waals surface area contributed by atoms with Gasteiger partial charge in [0.05, 0.1) is 24.2 Å². The van der Waals surface area contributed by atoms with Gasteiger partial charge >= 0.3 is 0 Å². The van der Waals surface area contributed by atoms with Gasteiger partial charge in [0, 0.05) is 24.8 Å². The topological polar surface area (TPSA) is 97.0 Å². The molecule has 2 atom stereocenters. The molecule has 0 spiro atoms. The van der Waals surface area contributed by atoms with Crippen molar-refractivity contribution in [1.29, 1.82) is 0 Å². The molecule has 0 saturated carbocycles. The first-order valence-corrected chi connectivity index (χ1v) is 9.82. The molecule has 1 N–H and O–H groups in total. The minimum absolute atomic E-state index is 0.0406. The molecule has 0 bridgehead atoms. The number of hydrogen-bond acceptors (Lipinski definition) is 7. The molecule has 4 rings (SSSR count). The van der Waals surface area contributed by atoms with Crippen LogP contribution in [0.5, 0.6) is 0 Å². The highest BCUT2D eigenvalue weighted by Crippen LogP contribution is 2.27. The van der Waals surface area contributed by atoms with E-state index in [0.29, 0.717) is 34.7 Å². The van der Waals surface area contributed by atoms with Crippen LogP contribution in [0, 0.1) is 6.92 Å². The monoisotopic (exact) mass is 412 g/mol. The number of nitrogens with zero attached hydrogens (tertiary/aromatic N) is 5. The molecule has 1 amide bonds. The van der Waals surface area contributed by atoms with Crippen molar-refractivity contribution in [3.8, 4) is 11.5 Å². The van der Waals surface area contributed by atoms with Crippen molar-refractivity contribution in [1.82, 2.24) is 24.8 Å². The summed E-state index contributed by atoms with van der Waals surface area (Å²) in [7, 11) is 0. The van der Waals surface area contributed by atoms with Gasteiger partial charge in [0.15, 0.2) is 0 Å². The first-order valence-electron chi connectivity index (χ1n) is 9.44. The van der Waals surface area contributed by atoms with Crippen LogP contribution in [-0.2, 0) is 0 Å². The maximum atomic E-state index is 13.4. The summed E-state index contributed by atoms with van der Waals surface area (Å²) in [5.41, 5.74) is 1.88. The van der Waals surface area contributed by atoms with Crippen molar-refractivity contribution >= 4 is 23.3 Å². The second-order valence-corrected chi connectivity index (χ2v) is 7.49. The lowest BCUT2D eigenvalue weighted by atomic mass is 9.96. The van der Waals surface area contributed by atoms with Crippen molar-refractivity contribution in [2.24, 2.45) is 0 Å². The van der Waals surface area contributed by atoms with Crippen molar-refractivity contribution in [2.45, 2.75) is 38.8 Å². The zero-order valence-electron chi connectivity index (χ0n) is 16.2. The zero-order chi connectivity index (χ0) is 20.4. The Morgan fingerprint density at radius 2 is 2.10 bits per heavy atom. The highest BCUT2D eigenvalue weighted by molar-refractivity contribution is 6.29. The predicted molar refractivity (Wildman–Crippen MR) is 109 cm³/mol. The SMILES string of the molecule is Cc1cnc(C(=O)N2CCC[C@@H](Nc3cnc(Cl)cn3)[C@@H]2C)c(-c2ncco2)c1. The number of aromatic nitrogens is 4. The molecule has 0 radical (unpaired) electrons. The van der Waals surface area contributed by atoms with Gasteiger partial charge < -0.3 is 14.6 Å². The van der Waals surface area contributed by atoms with Gasteiger partial charge in [-0.1, -0.05) is 11.6 Å². The molecule has 0 aliphatic carbocycles. The maximum absolute atomic E-state index is 13.4. The average Bonchev–Trinajstić information content (AvgIpc) is 3.25. The molecule has 0 unspecified atom stereocenters. The summed E-state index contributed by atoms with van der Waals surface area (Å²) in [5.74, 6) is 0.884. The lowest BCUT2D eigenvalue weighted by molar-refractivity contribution is 0.0611. The van der Waals surface area contributed by atoms with Crippen LogP contribution in [0.1, 0.15) is 35.8 Å². The summed E-state index contributed by atoms with van der Waals surface area (Å²) in [5, 5.41) is 3.71. The molecule has 29 heavy (non-hydrogen) atoms. The molecule has 9 heteroatoms. The van der Waals surface area contributed by atoms with Crippen LogP contribution in [0.25, 0.3) is 11.5 Å². The van der Waals surface area contributed by atoms with Crippen LogP contribution in [-0.4, -0.2) is 49.4 Å².